The van der Waals surface area contributed by atoms with Gasteiger partial charge in [0, 0.05) is 19.6 Å². The third-order valence-corrected chi connectivity index (χ3v) is 3.65. The number of carbonyl (C=O) groups excluding carboxylic acids is 1. The molecule has 1 aliphatic heterocycles. The molecule has 1 aliphatic rings. The van der Waals surface area contributed by atoms with Gasteiger partial charge >= 0.3 is 0 Å². The van der Waals surface area contributed by atoms with Crippen molar-refractivity contribution in [1.82, 2.24) is 10.2 Å². The van der Waals surface area contributed by atoms with E-state index in [-0.39, 0.29) is 24.2 Å². The minimum absolute atomic E-state index is 0.0409. The van der Waals surface area contributed by atoms with Crippen LogP contribution in [-0.2, 0) is 14.8 Å². The minimum atomic E-state index is -3.46. The van der Waals surface area contributed by atoms with Crippen molar-refractivity contribution in [2.24, 2.45) is 5.14 Å². The molecular formula is C10H21N3O3S. The average Bonchev–Trinajstić information content (AvgIpc) is 2.27. The zero-order valence-electron chi connectivity index (χ0n) is 10.2. The van der Waals surface area contributed by atoms with Crippen molar-refractivity contribution in [1.29, 1.82) is 0 Å². The molecule has 0 aliphatic carbocycles. The molecule has 1 atom stereocenters. The second kappa shape index (κ2) is 6.32. The first kappa shape index (κ1) is 14.4. The van der Waals surface area contributed by atoms with E-state index in [4.69, 9.17) is 5.14 Å². The molecule has 1 saturated heterocycles. The van der Waals surface area contributed by atoms with Crippen LogP contribution in [0.3, 0.4) is 0 Å². The molecule has 0 aromatic carbocycles. The first-order chi connectivity index (χ1) is 7.90. The monoisotopic (exact) mass is 263 g/mol. The van der Waals surface area contributed by atoms with Crippen LogP contribution in [0.2, 0.25) is 0 Å². The van der Waals surface area contributed by atoms with E-state index in [2.05, 4.69) is 5.32 Å². The highest BCUT2D eigenvalue weighted by Crippen LogP contribution is 2.09. The average molecular weight is 263 g/mol. The predicted octanol–water partition coefficient (Wildman–Crippen LogP) is -0.734. The maximum Gasteiger partial charge on any atom is 0.239 e. The number of rotatable bonds is 5. The summed E-state index contributed by atoms with van der Waals surface area (Å²) < 4.78 is 21.5. The Morgan fingerprint density at radius 3 is 2.47 bits per heavy atom. The molecule has 0 aromatic rings. The minimum Gasteiger partial charge on any atom is -0.341 e. The van der Waals surface area contributed by atoms with E-state index in [1.54, 1.807) is 6.92 Å². The van der Waals surface area contributed by atoms with Gasteiger partial charge in [-0.15, -0.1) is 0 Å². The highest BCUT2D eigenvalue weighted by molar-refractivity contribution is 7.89. The van der Waals surface area contributed by atoms with Crippen LogP contribution in [0.5, 0.6) is 0 Å². The molecule has 1 heterocycles. The van der Waals surface area contributed by atoms with Crippen LogP contribution >= 0.6 is 0 Å². The van der Waals surface area contributed by atoms with Gasteiger partial charge in [-0.2, -0.15) is 0 Å². The van der Waals surface area contributed by atoms with Gasteiger partial charge in [0.1, 0.15) is 0 Å². The topological polar surface area (TPSA) is 92.5 Å². The summed E-state index contributed by atoms with van der Waals surface area (Å²) in [4.78, 5) is 13.8. The Labute approximate surface area is 103 Å². The summed E-state index contributed by atoms with van der Waals surface area (Å²) in [7, 11) is -3.46. The van der Waals surface area contributed by atoms with Gasteiger partial charge in [-0.3, -0.25) is 4.79 Å². The summed E-state index contributed by atoms with van der Waals surface area (Å²) in [5.41, 5.74) is 0. The van der Waals surface area contributed by atoms with E-state index in [0.717, 1.165) is 25.9 Å². The molecule has 7 heteroatoms. The van der Waals surface area contributed by atoms with Crippen molar-refractivity contribution in [3.05, 3.63) is 0 Å². The lowest BCUT2D eigenvalue weighted by Crippen LogP contribution is -2.47. The Bertz CT molecular complexity index is 350. The number of piperidine rings is 1. The zero-order valence-corrected chi connectivity index (χ0v) is 11.0. The van der Waals surface area contributed by atoms with Gasteiger partial charge in [-0.25, -0.2) is 13.6 Å². The number of sulfonamides is 1. The normalized spacial score (nSPS) is 19.1. The Morgan fingerprint density at radius 2 is 1.94 bits per heavy atom. The molecule has 1 unspecified atom stereocenters. The van der Waals surface area contributed by atoms with Crippen LogP contribution in [-0.4, -0.2) is 50.7 Å². The van der Waals surface area contributed by atoms with Gasteiger partial charge in [-0.1, -0.05) is 0 Å². The number of carbonyl (C=O) groups is 1. The standard InChI is InChI=1S/C10H21N3O3S/c1-9(12-5-8-17(11,15)16)10(14)13-6-3-2-4-7-13/h9,12H,2-8H2,1H3,(H2,11,15,16). The Kier molecular flexibility index (Phi) is 5.35. The largest absolute Gasteiger partial charge is 0.341 e. The van der Waals surface area contributed by atoms with Gasteiger partial charge in [0.15, 0.2) is 0 Å². The van der Waals surface area contributed by atoms with E-state index in [0.29, 0.717) is 0 Å². The summed E-state index contributed by atoms with van der Waals surface area (Å²) in [6, 6.07) is -0.352. The van der Waals surface area contributed by atoms with Crippen molar-refractivity contribution >= 4 is 15.9 Å². The first-order valence-corrected chi connectivity index (χ1v) is 7.64. The maximum atomic E-state index is 11.9. The maximum absolute atomic E-state index is 11.9. The fourth-order valence-electron chi connectivity index (χ4n) is 1.89. The third-order valence-electron chi connectivity index (χ3n) is 2.88. The van der Waals surface area contributed by atoms with Gasteiger partial charge in [-0.05, 0) is 26.2 Å². The fourth-order valence-corrected chi connectivity index (χ4v) is 2.30. The second-order valence-electron chi connectivity index (χ2n) is 4.43. The molecule has 100 valence electrons. The number of nitrogens with two attached hydrogens (primary N) is 1. The van der Waals surface area contributed by atoms with E-state index in [1.165, 1.54) is 6.42 Å². The Morgan fingerprint density at radius 1 is 1.35 bits per heavy atom. The Hall–Kier alpha value is -0.660. The molecule has 1 fully saturated rings. The van der Waals surface area contributed by atoms with Gasteiger partial charge in [0.25, 0.3) is 0 Å². The quantitative estimate of drug-likeness (QED) is 0.683. The molecule has 0 spiro atoms. The lowest BCUT2D eigenvalue weighted by atomic mass is 10.1. The van der Waals surface area contributed by atoms with E-state index >= 15 is 0 Å². The third kappa shape index (κ3) is 5.47. The Balaban J connectivity index is 2.31. The molecule has 6 nitrogen and oxygen atoms in total. The van der Waals surface area contributed by atoms with Crippen molar-refractivity contribution in [2.45, 2.75) is 32.2 Å². The first-order valence-electron chi connectivity index (χ1n) is 5.93. The molecule has 0 saturated carbocycles. The summed E-state index contributed by atoms with van der Waals surface area (Å²) >= 11 is 0. The van der Waals surface area contributed by atoms with Crippen LogP contribution in [0.4, 0.5) is 0 Å². The molecule has 1 amide bonds. The molecule has 0 bridgehead atoms. The summed E-state index contributed by atoms with van der Waals surface area (Å²) in [5.74, 6) is -0.107. The lowest BCUT2D eigenvalue weighted by molar-refractivity contribution is -0.133. The van der Waals surface area contributed by atoms with E-state index in [9.17, 15) is 13.2 Å². The molecule has 0 radical (unpaired) electrons. The molecule has 17 heavy (non-hydrogen) atoms. The second-order valence-corrected chi connectivity index (χ2v) is 6.16. The van der Waals surface area contributed by atoms with Crippen molar-refractivity contribution in [3.8, 4) is 0 Å². The number of hydrogen-bond acceptors (Lipinski definition) is 4. The number of likely N-dealkylation sites (tertiary alicyclic amines) is 1. The molecule has 1 rings (SSSR count). The molecule has 3 N–H and O–H groups in total. The number of nitrogens with zero attached hydrogens (tertiary/aromatic N) is 1. The number of amides is 1. The van der Waals surface area contributed by atoms with Gasteiger partial charge < -0.3 is 10.2 Å². The SMILES string of the molecule is CC(NCCS(N)(=O)=O)C(=O)N1CCCCC1. The number of primary sulfonamides is 1. The lowest BCUT2D eigenvalue weighted by Gasteiger charge is -2.29. The fraction of sp³-hybridized carbons (Fsp3) is 0.900. The summed E-state index contributed by atoms with van der Waals surface area (Å²) in [6.07, 6.45) is 3.28. The van der Waals surface area contributed by atoms with Crippen molar-refractivity contribution in [3.63, 3.8) is 0 Å². The van der Waals surface area contributed by atoms with Crippen LogP contribution in [0.1, 0.15) is 26.2 Å². The highest BCUT2D eigenvalue weighted by atomic mass is 32.2. The molecule has 0 aromatic heterocycles. The van der Waals surface area contributed by atoms with Crippen molar-refractivity contribution in [2.75, 3.05) is 25.4 Å². The summed E-state index contributed by atoms with van der Waals surface area (Å²) in [6.45, 7) is 3.57. The van der Waals surface area contributed by atoms with E-state index in [1.807, 2.05) is 4.90 Å². The predicted molar refractivity (Wildman–Crippen MR) is 65.9 cm³/mol. The zero-order chi connectivity index (χ0) is 12.9. The van der Waals surface area contributed by atoms with Gasteiger partial charge in [0.05, 0.1) is 11.8 Å². The van der Waals surface area contributed by atoms with Crippen LogP contribution in [0, 0.1) is 0 Å². The van der Waals surface area contributed by atoms with E-state index < -0.39 is 10.0 Å². The molecular weight excluding hydrogens is 242 g/mol. The summed E-state index contributed by atoms with van der Waals surface area (Å²) in [5, 5.41) is 7.76. The van der Waals surface area contributed by atoms with Crippen LogP contribution in [0.25, 0.3) is 0 Å². The number of hydrogen-bond donors (Lipinski definition) is 2. The van der Waals surface area contributed by atoms with Crippen LogP contribution < -0.4 is 10.5 Å². The number of nitrogens with one attached hydrogen (secondary N) is 1. The van der Waals surface area contributed by atoms with Gasteiger partial charge in [0.2, 0.25) is 15.9 Å². The van der Waals surface area contributed by atoms with Crippen molar-refractivity contribution < 1.29 is 13.2 Å². The van der Waals surface area contributed by atoms with Crippen LogP contribution in [0.15, 0.2) is 0 Å². The smallest absolute Gasteiger partial charge is 0.239 e. The highest BCUT2D eigenvalue weighted by Gasteiger charge is 2.21.